The second kappa shape index (κ2) is 17.5. The molecule has 290 valence electrons. The van der Waals surface area contributed by atoms with Gasteiger partial charge in [0, 0.05) is 68.8 Å². The minimum absolute atomic E-state index is 0.0354. The van der Waals surface area contributed by atoms with Gasteiger partial charge in [0.05, 0.1) is 68.1 Å². The molecule has 2 aromatic heterocycles. The Kier molecular flexibility index (Phi) is 12.3. The third-order valence-corrected chi connectivity index (χ3v) is 10.9. The number of hydrogen-bond donors (Lipinski definition) is 2. The molecular weight excluding hydrogens is 686 g/mol. The van der Waals surface area contributed by atoms with Gasteiger partial charge in [-0.05, 0) is 86.4 Å². The van der Waals surface area contributed by atoms with Gasteiger partial charge in [0.1, 0.15) is 13.5 Å². The molecule has 0 bridgehead atoms. The fraction of sp³-hybridized carbons (Fsp3) is 0.537. The van der Waals surface area contributed by atoms with Crippen LogP contribution in [0.15, 0.2) is 39.0 Å². The lowest BCUT2D eigenvalue weighted by Crippen LogP contribution is -2.37. The summed E-state index contributed by atoms with van der Waals surface area (Å²) in [5, 5.41) is 15.8. The lowest BCUT2D eigenvalue weighted by atomic mass is 9.96. The summed E-state index contributed by atoms with van der Waals surface area (Å²) in [6.45, 7) is 14.3. The molecule has 2 fully saturated rings. The van der Waals surface area contributed by atoms with E-state index in [9.17, 15) is 9.59 Å². The number of hydrogen-bond acceptors (Lipinski definition) is 11. The first-order chi connectivity index (χ1) is 26.4. The zero-order chi connectivity index (χ0) is 37.6. The number of morpholine rings is 2. The van der Waals surface area contributed by atoms with Crippen LogP contribution in [0.25, 0.3) is 21.8 Å². The number of fused-ring (bicyclic) bond motifs is 6. The first-order valence-corrected chi connectivity index (χ1v) is 19.4. The summed E-state index contributed by atoms with van der Waals surface area (Å²) in [5.41, 5.74) is 10.4. The number of methoxy groups -OCH3 is 2. The van der Waals surface area contributed by atoms with E-state index in [4.69, 9.17) is 18.9 Å². The standard InChI is InChI=1S/C21H29N3O3.C20H26N4O3/c1-15-12-16(5-7-23-8-10-27-11-9-23)13-18-19(15)20-17(4-3-6-22-20)21(25)24(18)14-26-2;1-14-10-15(12-22-23-6-8-27-9-7-23)11-17-18(14)19-16(4-3-5-21-19)20(25)24(17)13-26-2/h12-13,22H,3-11,14H2,1-2H3;10-12,21H,3-9,13H2,1-2H3/b;22-12+. The summed E-state index contributed by atoms with van der Waals surface area (Å²) in [6, 6.07) is 8.62. The number of benzene rings is 2. The summed E-state index contributed by atoms with van der Waals surface area (Å²) in [6.07, 6.45) is 6.45. The Balaban J connectivity index is 0.000000167. The summed E-state index contributed by atoms with van der Waals surface area (Å²) >= 11 is 0. The lowest BCUT2D eigenvalue weighted by molar-refractivity contribution is 0.0384. The Hall–Kier alpha value is -4.27. The molecule has 6 heterocycles. The molecule has 2 saturated heterocycles. The average Bonchev–Trinajstić information content (AvgIpc) is 3.20. The first kappa shape index (κ1) is 38.0. The van der Waals surface area contributed by atoms with Crippen LogP contribution in [0.3, 0.4) is 0 Å². The zero-order valence-corrected chi connectivity index (χ0v) is 32.3. The number of anilines is 2. The Morgan fingerprint density at radius 1 is 0.741 bits per heavy atom. The third kappa shape index (κ3) is 8.06. The molecular formula is C41H55N7O6. The van der Waals surface area contributed by atoms with Crippen molar-refractivity contribution < 1.29 is 18.9 Å². The van der Waals surface area contributed by atoms with E-state index in [2.05, 4.69) is 52.7 Å². The molecule has 0 atom stereocenters. The van der Waals surface area contributed by atoms with Gasteiger partial charge in [0.2, 0.25) is 0 Å². The molecule has 4 aliphatic heterocycles. The predicted octanol–water partition coefficient (Wildman–Crippen LogP) is 4.08. The number of rotatable bonds is 9. The second-order valence-electron chi connectivity index (χ2n) is 14.6. The largest absolute Gasteiger partial charge is 0.384 e. The van der Waals surface area contributed by atoms with Gasteiger partial charge in [-0.15, -0.1) is 0 Å². The number of hydrazone groups is 1. The molecule has 4 aliphatic rings. The smallest absolute Gasteiger partial charge is 0.258 e. The minimum Gasteiger partial charge on any atom is -0.384 e. The van der Waals surface area contributed by atoms with E-state index in [1.54, 1.807) is 23.4 Å². The van der Waals surface area contributed by atoms with E-state index in [1.165, 1.54) is 11.1 Å². The molecule has 0 amide bonds. The van der Waals surface area contributed by atoms with Gasteiger partial charge in [0.15, 0.2) is 0 Å². The van der Waals surface area contributed by atoms with Crippen LogP contribution >= 0.6 is 0 Å². The highest BCUT2D eigenvalue weighted by Gasteiger charge is 2.23. The Bertz CT molecular complexity index is 2110. The molecule has 8 rings (SSSR count). The van der Waals surface area contributed by atoms with Crippen LogP contribution in [0.1, 0.15) is 46.2 Å². The van der Waals surface area contributed by atoms with E-state index >= 15 is 0 Å². The molecule has 0 unspecified atom stereocenters. The van der Waals surface area contributed by atoms with Crippen molar-refractivity contribution in [3.63, 3.8) is 0 Å². The fourth-order valence-corrected chi connectivity index (χ4v) is 8.25. The highest BCUT2D eigenvalue weighted by Crippen LogP contribution is 2.33. The van der Waals surface area contributed by atoms with Crippen LogP contribution in [-0.4, -0.2) is 112 Å². The minimum atomic E-state index is 0.0354. The molecule has 4 aromatic rings. The Labute approximate surface area is 316 Å². The van der Waals surface area contributed by atoms with Crippen molar-refractivity contribution in [2.75, 3.05) is 97.1 Å². The number of aryl methyl sites for hydroxylation is 2. The van der Waals surface area contributed by atoms with Crippen LogP contribution < -0.4 is 21.8 Å². The van der Waals surface area contributed by atoms with Crippen molar-refractivity contribution >= 4 is 39.4 Å². The maximum Gasteiger partial charge on any atom is 0.258 e. The van der Waals surface area contributed by atoms with Gasteiger partial charge < -0.3 is 29.6 Å². The lowest BCUT2D eigenvalue weighted by Gasteiger charge is -2.27. The number of pyridine rings is 2. The van der Waals surface area contributed by atoms with Crippen LogP contribution in [0.5, 0.6) is 0 Å². The van der Waals surface area contributed by atoms with Crippen molar-refractivity contribution in [3.05, 3.63) is 78.4 Å². The molecule has 0 spiro atoms. The van der Waals surface area contributed by atoms with E-state index in [0.29, 0.717) is 13.2 Å². The molecule has 2 aromatic carbocycles. The van der Waals surface area contributed by atoms with Crippen molar-refractivity contribution in [2.24, 2.45) is 5.10 Å². The van der Waals surface area contributed by atoms with E-state index in [1.807, 2.05) is 17.3 Å². The predicted molar refractivity (Wildman–Crippen MR) is 214 cm³/mol. The highest BCUT2D eigenvalue weighted by atomic mass is 16.5. The second-order valence-corrected chi connectivity index (χ2v) is 14.6. The van der Waals surface area contributed by atoms with Crippen LogP contribution in [0.4, 0.5) is 11.4 Å². The van der Waals surface area contributed by atoms with E-state index in [0.717, 1.165) is 147 Å². The molecule has 0 saturated carbocycles. The topological polar surface area (TPSA) is 124 Å². The summed E-state index contributed by atoms with van der Waals surface area (Å²) in [7, 11) is 3.26. The van der Waals surface area contributed by atoms with Gasteiger partial charge >= 0.3 is 0 Å². The normalized spacial score (nSPS) is 17.5. The number of nitrogens with zero attached hydrogens (tertiary/aromatic N) is 5. The van der Waals surface area contributed by atoms with Crippen molar-refractivity contribution in [1.29, 1.82) is 0 Å². The quantitative estimate of drug-likeness (QED) is 0.243. The Morgan fingerprint density at radius 2 is 1.28 bits per heavy atom. The molecule has 0 aliphatic carbocycles. The number of aromatic nitrogens is 2. The number of ether oxygens (including phenoxy) is 4. The molecule has 0 radical (unpaired) electrons. The molecule has 2 N–H and O–H groups in total. The molecule has 13 heteroatoms. The zero-order valence-electron chi connectivity index (χ0n) is 32.3. The maximum absolute atomic E-state index is 13.1. The number of nitrogens with one attached hydrogen (secondary N) is 2. The molecule has 13 nitrogen and oxygen atoms in total. The van der Waals surface area contributed by atoms with Crippen molar-refractivity contribution in [3.8, 4) is 0 Å². The highest BCUT2D eigenvalue weighted by molar-refractivity contribution is 5.99. The monoisotopic (exact) mass is 741 g/mol. The van der Waals surface area contributed by atoms with Crippen LogP contribution in [-0.2, 0) is 51.7 Å². The van der Waals surface area contributed by atoms with Gasteiger partial charge in [-0.1, -0.05) is 6.07 Å². The first-order valence-electron chi connectivity index (χ1n) is 19.4. The van der Waals surface area contributed by atoms with Crippen LogP contribution in [0.2, 0.25) is 0 Å². The van der Waals surface area contributed by atoms with Gasteiger partial charge in [-0.2, -0.15) is 5.10 Å². The summed E-state index contributed by atoms with van der Waals surface area (Å²) < 4.78 is 25.0. The van der Waals surface area contributed by atoms with Gasteiger partial charge in [-0.3, -0.25) is 28.6 Å². The molecule has 54 heavy (non-hydrogen) atoms. The SMILES string of the molecule is COCn1c(=O)c2c(c3c(C)cc(/C=N/N4CCOCC4)cc31)NCCC2.COCn1c(=O)c2c(c3c(C)cc(CCN4CCOCC4)cc31)NCCC2. The van der Waals surface area contributed by atoms with Gasteiger partial charge in [0.25, 0.3) is 11.1 Å². The third-order valence-electron chi connectivity index (χ3n) is 10.9. The maximum atomic E-state index is 13.1. The van der Waals surface area contributed by atoms with Crippen molar-refractivity contribution in [2.45, 2.75) is 59.4 Å². The summed E-state index contributed by atoms with van der Waals surface area (Å²) in [5.74, 6) is 0. The van der Waals surface area contributed by atoms with Gasteiger partial charge in [-0.25, -0.2) is 0 Å². The van der Waals surface area contributed by atoms with E-state index in [-0.39, 0.29) is 24.6 Å². The van der Waals surface area contributed by atoms with Crippen molar-refractivity contribution in [1.82, 2.24) is 19.0 Å². The summed E-state index contributed by atoms with van der Waals surface area (Å²) in [4.78, 5) is 28.5. The average molecular weight is 742 g/mol. The van der Waals surface area contributed by atoms with Crippen LogP contribution in [0, 0.1) is 13.8 Å². The Morgan fingerprint density at radius 3 is 1.85 bits per heavy atom. The van der Waals surface area contributed by atoms with E-state index < -0.39 is 0 Å². The fourth-order valence-electron chi connectivity index (χ4n) is 8.25.